The molecule has 38 heavy (non-hydrogen) atoms. The molecule has 0 aromatic heterocycles. The van der Waals surface area contributed by atoms with Gasteiger partial charge in [-0.1, -0.05) is 66.9 Å². The van der Waals surface area contributed by atoms with Crippen molar-refractivity contribution in [1.82, 2.24) is 19.6 Å². The standard InChI is InChI=1S/C32H42N6/c1-5-35(23-28-9-11-29(12-10-28)24-36-13-7-6-8-14-36)15-16-37-17-18-38(32(37)31(22-33)34-4)25-30-20-26(2)19-27(3)21-30/h9-12,19-21H,5-8,13-18,23-25H2,1-3H3/b32-31-. The molecule has 2 aliphatic rings. The lowest BCUT2D eigenvalue weighted by Crippen LogP contribution is -2.34. The number of benzene rings is 2. The minimum absolute atomic E-state index is 0.194. The van der Waals surface area contributed by atoms with E-state index >= 15 is 0 Å². The van der Waals surface area contributed by atoms with Crippen molar-refractivity contribution >= 4 is 0 Å². The monoisotopic (exact) mass is 510 g/mol. The van der Waals surface area contributed by atoms with Crippen LogP contribution in [0.15, 0.2) is 54.0 Å². The first kappa shape index (κ1) is 27.7. The number of likely N-dealkylation sites (N-methyl/N-ethyl adjacent to an activating group) is 1. The molecule has 0 amide bonds. The van der Waals surface area contributed by atoms with Crippen LogP contribution in [0.3, 0.4) is 0 Å². The average molecular weight is 511 g/mol. The molecule has 2 aromatic carbocycles. The molecular formula is C32H42N6. The maximum atomic E-state index is 9.73. The van der Waals surface area contributed by atoms with Crippen LogP contribution in [-0.4, -0.2) is 65.4 Å². The van der Waals surface area contributed by atoms with E-state index < -0.39 is 0 Å². The summed E-state index contributed by atoms with van der Waals surface area (Å²) in [7, 11) is 0. The number of likely N-dealkylation sites (tertiary alicyclic amines) is 1. The van der Waals surface area contributed by atoms with E-state index in [0.29, 0.717) is 0 Å². The summed E-state index contributed by atoms with van der Waals surface area (Å²) in [5.74, 6) is 0.791. The van der Waals surface area contributed by atoms with E-state index in [1.807, 2.05) is 0 Å². The molecule has 0 radical (unpaired) electrons. The van der Waals surface area contributed by atoms with E-state index in [1.54, 1.807) is 0 Å². The summed E-state index contributed by atoms with van der Waals surface area (Å²) in [5.41, 5.74) is 6.64. The van der Waals surface area contributed by atoms with E-state index in [2.05, 4.69) is 93.7 Å². The molecule has 2 aliphatic heterocycles. The fourth-order valence-electron chi connectivity index (χ4n) is 5.83. The Labute approximate surface area is 229 Å². The van der Waals surface area contributed by atoms with Gasteiger partial charge in [0.2, 0.25) is 0 Å². The molecule has 2 heterocycles. The smallest absolute Gasteiger partial charge is 0.300 e. The van der Waals surface area contributed by atoms with Gasteiger partial charge in [0.15, 0.2) is 0 Å². The highest BCUT2D eigenvalue weighted by molar-refractivity contribution is 5.35. The van der Waals surface area contributed by atoms with Crippen LogP contribution in [0, 0.1) is 31.8 Å². The van der Waals surface area contributed by atoms with Gasteiger partial charge in [-0.2, -0.15) is 0 Å². The van der Waals surface area contributed by atoms with Gasteiger partial charge in [-0.3, -0.25) is 9.80 Å². The predicted octanol–water partition coefficient (Wildman–Crippen LogP) is 5.54. The van der Waals surface area contributed by atoms with Crippen LogP contribution in [0.2, 0.25) is 0 Å². The van der Waals surface area contributed by atoms with Crippen LogP contribution in [0.1, 0.15) is 54.0 Å². The van der Waals surface area contributed by atoms with Gasteiger partial charge in [0.25, 0.3) is 0 Å². The molecule has 200 valence electrons. The number of aryl methyl sites for hydroxylation is 2. The number of nitrogens with zero attached hydrogens (tertiary/aromatic N) is 6. The van der Waals surface area contributed by atoms with Crippen LogP contribution in [0.4, 0.5) is 0 Å². The van der Waals surface area contributed by atoms with Crippen LogP contribution < -0.4 is 0 Å². The quantitative estimate of drug-likeness (QED) is 0.310. The maximum Gasteiger partial charge on any atom is 0.300 e. The summed E-state index contributed by atoms with van der Waals surface area (Å²) >= 11 is 0. The minimum atomic E-state index is 0.194. The molecule has 0 N–H and O–H groups in total. The summed E-state index contributed by atoms with van der Waals surface area (Å²) < 4.78 is 0. The average Bonchev–Trinajstić information content (AvgIpc) is 3.30. The van der Waals surface area contributed by atoms with Crippen LogP contribution in [0.5, 0.6) is 0 Å². The Morgan fingerprint density at radius 2 is 1.55 bits per heavy atom. The Kier molecular flexibility index (Phi) is 9.82. The second-order valence-electron chi connectivity index (χ2n) is 10.8. The first-order valence-corrected chi connectivity index (χ1v) is 14.1. The fraction of sp³-hybridized carbons (Fsp3) is 0.500. The second kappa shape index (κ2) is 13.5. The molecule has 4 rings (SSSR count). The summed E-state index contributed by atoms with van der Waals surface area (Å²) in [6, 6.07) is 17.9. The molecule has 0 spiro atoms. The third-order valence-corrected chi connectivity index (χ3v) is 7.74. The Morgan fingerprint density at radius 1 is 0.895 bits per heavy atom. The van der Waals surface area contributed by atoms with Crippen molar-refractivity contribution in [2.75, 3.05) is 45.8 Å². The van der Waals surface area contributed by atoms with Gasteiger partial charge < -0.3 is 9.80 Å². The Bertz CT molecular complexity index is 1140. The largest absolute Gasteiger partial charge is 0.363 e. The van der Waals surface area contributed by atoms with E-state index in [-0.39, 0.29) is 5.70 Å². The van der Waals surface area contributed by atoms with Gasteiger partial charge in [-0.25, -0.2) is 10.1 Å². The molecular weight excluding hydrogens is 468 g/mol. The Morgan fingerprint density at radius 3 is 2.18 bits per heavy atom. The van der Waals surface area contributed by atoms with Gasteiger partial charge in [-0.05, 0) is 63.0 Å². The SMILES string of the molecule is [C-]#[N+]/C(C#N)=C1/N(CCN(CC)Cc2ccc(CN3CCCCC3)cc2)CCN1Cc1cc(C)cc(C)c1. The topological polar surface area (TPSA) is 41.1 Å². The highest BCUT2D eigenvalue weighted by Gasteiger charge is 2.28. The van der Waals surface area contributed by atoms with Crippen LogP contribution in [0.25, 0.3) is 4.85 Å². The molecule has 6 heteroatoms. The van der Waals surface area contributed by atoms with Crippen LogP contribution >= 0.6 is 0 Å². The summed E-state index contributed by atoms with van der Waals surface area (Å²) in [5, 5.41) is 9.73. The maximum absolute atomic E-state index is 9.73. The molecule has 2 fully saturated rings. The van der Waals surface area contributed by atoms with E-state index in [4.69, 9.17) is 6.57 Å². The first-order chi connectivity index (χ1) is 18.5. The van der Waals surface area contributed by atoms with Gasteiger partial charge in [-0.15, -0.1) is 0 Å². The van der Waals surface area contributed by atoms with Gasteiger partial charge in [0, 0.05) is 45.8 Å². The number of allylic oxidation sites excluding steroid dienone is 1. The van der Waals surface area contributed by atoms with Gasteiger partial charge in [0.05, 0.1) is 12.6 Å². The molecule has 2 aromatic rings. The Balaban J connectivity index is 1.37. The summed E-state index contributed by atoms with van der Waals surface area (Å²) in [6.07, 6.45) is 4.02. The molecule has 2 saturated heterocycles. The second-order valence-corrected chi connectivity index (χ2v) is 10.8. The minimum Gasteiger partial charge on any atom is -0.363 e. The third kappa shape index (κ3) is 7.38. The zero-order valence-electron chi connectivity index (χ0n) is 23.4. The lowest BCUT2D eigenvalue weighted by atomic mass is 10.1. The summed E-state index contributed by atoms with van der Waals surface area (Å²) in [4.78, 5) is 13.1. The van der Waals surface area contributed by atoms with Crippen molar-refractivity contribution in [3.05, 3.63) is 93.2 Å². The van der Waals surface area contributed by atoms with Crippen molar-refractivity contribution in [2.24, 2.45) is 0 Å². The lowest BCUT2D eigenvalue weighted by Gasteiger charge is -2.29. The number of hydrogen-bond donors (Lipinski definition) is 0. The van der Waals surface area contributed by atoms with Crippen molar-refractivity contribution in [3.63, 3.8) is 0 Å². The number of nitriles is 1. The van der Waals surface area contributed by atoms with Gasteiger partial charge in [0.1, 0.15) is 5.82 Å². The molecule has 0 aliphatic carbocycles. The predicted molar refractivity (Wildman–Crippen MR) is 154 cm³/mol. The zero-order chi connectivity index (χ0) is 26.9. The van der Waals surface area contributed by atoms with Crippen molar-refractivity contribution in [1.29, 1.82) is 5.26 Å². The van der Waals surface area contributed by atoms with Crippen molar-refractivity contribution in [3.8, 4) is 6.07 Å². The van der Waals surface area contributed by atoms with Crippen molar-refractivity contribution < 1.29 is 0 Å². The fourth-order valence-corrected chi connectivity index (χ4v) is 5.83. The highest BCUT2D eigenvalue weighted by atomic mass is 15.4. The van der Waals surface area contributed by atoms with E-state index in [9.17, 15) is 5.26 Å². The number of rotatable bonds is 10. The Hall–Kier alpha value is -3.32. The van der Waals surface area contributed by atoms with Gasteiger partial charge >= 0.3 is 5.70 Å². The molecule has 0 unspecified atom stereocenters. The highest BCUT2D eigenvalue weighted by Crippen LogP contribution is 2.26. The van der Waals surface area contributed by atoms with Crippen LogP contribution in [-0.2, 0) is 19.6 Å². The summed E-state index contributed by atoms with van der Waals surface area (Å²) in [6.45, 7) is 23.5. The normalized spacial score (nSPS) is 17.5. The molecule has 0 saturated carbocycles. The molecule has 6 nitrogen and oxygen atoms in total. The van der Waals surface area contributed by atoms with E-state index in [1.165, 1.54) is 60.2 Å². The molecule has 0 bridgehead atoms. The molecule has 0 atom stereocenters. The van der Waals surface area contributed by atoms with Crippen molar-refractivity contribution in [2.45, 2.75) is 59.7 Å². The number of hydrogen-bond acceptors (Lipinski definition) is 5. The number of piperidine rings is 1. The third-order valence-electron chi connectivity index (χ3n) is 7.74. The zero-order valence-corrected chi connectivity index (χ0v) is 23.4. The van der Waals surface area contributed by atoms with E-state index in [0.717, 1.165) is 58.2 Å². The first-order valence-electron chi connectivity index (χ1n) is 14.1. The lowest BCUT2D eigenvalue weighted by molar-refractivity contribution is 0.220.